The van der Waals surface area contributed by atoms with Crippen LogP contribution >= 0.6 is 23.4 Å². The minimum absolute atomic E-state index is 0.426. The van der Waals surface area contributed by atoms with Crippen molar-refractivity contribution in [2.45, 2.75) is 39.2 Å². The number of ether oxygens (including phenoxy) is 1. The summed E-state index contributed by atoms with van der Waals surface area (Å²) in [6.45, 7) is 7.29. The van der Waals surface area contributed by atoms with Crippen molar-refractivity contribution < 1.29 is 9.53 Å². The van der Waals surface area contributed by atoms with E-state index in [-0.39, 0.29) is 0 Å². The van der Waals surface area contributed by atoms with Crippen molar-refractivity contribution >= 4 is 29.3 Å². The van der Waals surface area contributed by atoms with Crippen LogP contribution in [0.3, 0.4) is 0 Å². The Kier molecular flexibility index (Phi) is 5.87. The topological polar surface area (TPSA) is 62.1 Å². The van der Waals surface area contributed by atoms with Crippen LogP contribution in [0.15, 0.2) is 46.1 Å². The number of nitriles is 1. The molecule has 0 fully saturated rings. The van der Waals surface area contributed by atoms with Gasteiger partial charge in [-0.05, 0) is 51.6 Å². The summed E-state index contributed by atoms with van der Waals surface area (Å²) in [5.74, 6) is -0.911. The second kappa shape index (κ2) is 7.55. The van der Waals surface area contributed by atoms with Gasteiger partial charge in [0, 0.05) is 10.7 Å². The summed E-state index contributed by atoms with van der Waals surface area (Å²) < 4.78 is 5.58. The van der Waals surface area contributed by atoms with Gasteiger partial charge >= 0.3 is 5.97 Å². The first-order valence-electron chi connectivity index (χ1n) is 7.82. The molecule has 0 amide bonds. The van der Waals surface area contributed by atoms with Crippen LogP contribution in [-0.4, -0.2) is 17.8 Å². The van der Waals surface area contributed by atoms with Crippen LogP contribution in [0.1, 0.15) is 39.2 Å². The SMILES string of the molecule is CSC1=C(C#N)[C@@H](c2ccc(Cl)cc2)C(C(=O)OC(C)(C)C)=C(C)N1. The molecule has 0 aliphatic carbocycles. The zero-order valence-electron chi connectivity index (χ0n) is 14.9. The molecular formula is C19H21ClN2O2S. The van der Waals surface area contributed by atoms with Crippen LogP contribution in [0.4, 0.5) is 0 Å². The summed E-state index contributed by atoms with van der Waals surface area (Å²) >= 11 is 7.44. The van der Waals surface area contributed by atoms with Crippen molar-refractivity contribution in [3.05, 3.63) is 56.7 Å². The van der Waals surface area contributed by atoms with Crippen molar-refractivity contribution in [1.82, 2.24) is 5.32 Å². The number of rotatable bonds is 3. The monoisotopic (exact) mass is 376 g/mol. The van der Waals surface area contributed by atoms with Gasteiger partial charge in [0.25, 0.3) is 0 Å². The van der Waals surface area contributed by atoms with Gasteiger partial charge in [-0.3, -0.25) is 0 Å². The predicted octanol–water partition coefficient (Wildman–Crippen LogP) is 4.74. The second-order valence-corrected chi connectivity index (χ2v) is 7.96. The number of benzene rings is 1. The summed E-state index contributed by atoms with van der Waals surface area (Å²) in [6.07, 6.45) is 1.89. The van der Waals surface area contributed by atoms with E-state index in [2.05, 4.69) is 11.4 Å². The number of nitrogens with one attached hydrogen (secondary N) is 1. The number of allylic oxidation sites excluding steroid dienone is 2. The fourth-order valence-electron chi connectivity index (χ4n) is 2.67. The second-order valence-electron chi connectivity index (χ2n) is 6.71. The number of esters is 1. The lowest BCUT2D eigenvalue weighted by atomic mass is 9.82. The molecule has 1 aromatic rings. The van der Waals surface area contributed by atoms with Crippen LogP contribution in [0.25, 0.3) is 0 Å². The molecule has 25 heavy (non-hydrogen) atoms. The number of hydrogen-bond donors (Lipinski definition) is 1. The fourth-order valence-corrected chi connectivity index (χ4v) is 3.43. The Balaban J connectivity index is 2.60. The minimum atomic E-state index is -0.620. The molecule has 6 heteroatoms. The van der Waals surface area contributed by atoms with Gasteiger partial charge in [-0.2, -0.15) is 5.26 Å². The third-order valence-corrected chi connectivity index (χ3v) is 4.66. The first-order chi connectivity index (χ1) is 11.7. The van der Waals surface area contributed by atoms with Gasteiger partial charge in [0.15, 0.2) is 0 Å². The molecular weight excluding hydrogens is 356 g/mol. The molecule has 1 aromatic carbocycles. The van der Waals surface area contributed by atoms with Crippen molar-refractivity contribution in [3.63, 3.8) is 0 Å². The maximum atomic E-state index is 12.8. The highest BCUT2D eigenvalue weighted by atomic mass is 35.5. The van der Waals surface area contributed by atoms with E-state index in [0.717, 1.165) is 10.6 Å². The smallest absolute Gasteiger partial charge is 0.337 e. The third-order valence-electron chi connectivity index (χ3n) is 3.67. The highest BCUT2D eigenvalue weighted by molar-refractivity contribution is 8.02. The van der Waals surface area contributed by atoms with E-state index < -0.39 is 17.5 Å². The lowest BCUT2D eigenvalue weighted by molar-refractivity contribution is -0.150. The molecule has 1 N–H and O–H groups in total. The Hall–Kier alpha value is -1.90. The summed E-state index contributed by atoms with van der Waals surface area (Å²) in [5.41, 5.74) is 1.85. The molecule has 1 heterocycles. The molecule has 0 unspecified atom stereocenters. The normalized spacial score (nSPS) is 17.9. The van der Waals surface area contributed by atoms with Crippen molar-refractivity contribution in [2.75, 3.05) is 6.26 Å². The molecule has 132 valence electrons. The number of carbonyl (C=O) groups is 1. The molecule has 0 spiro atoms. The number of nitrogens with zero attached hydrogens (tertiary/aromatic N) is 1. The van der Waals surface area contributed by atoms with E-state index in [1.54, 1.807) is 12.1 Å². The molecule has 4 nitrogen and oxygen atoms in total. The highest BCUT2D eigenvalue weighted by Crippen LogP contribution is 2.41. The number of thioether (sulfide) groups is 1. The first kappa shape index (κ1) is 19.4. The molecule has 1 atom stereocenters. The van der Waals surface area contributed by atoms with Crippen LogP contribution in [-0.2, 0) is 9.53 Å². The number of halogens is 1. The largest absolute Gasteiger partial charge is 0.457 e. The van der Waals surface area contributed by atoms with Crippen molar-refractivity contribution in [3.8, 4) is 6.07 Å². The molecule has 0 bridgehead atoms. The van der Waals surface area contributed by atoms with Gasteiger partial charge in [-0.15, -0.1) is 11.8 Å². The summed E-state index contributed by atoms with van der Waals surface area (Å²) in [4.78, 5) is 12.8. The Labute approximate surface area is 157 Å². The number of hydrogen-bond acceptors (Lipinski definition) is 5. The van der Waals surface area contributed by atoms with E-state index in [0.29, 0.717) is 21.9 Å². The molecule has 1 aliphatic rings. The standard InChI is InChI=1S/C19H21ClN2O2S/c1-11-15(18(23)24-19(2,3)4)16(12-6-8-13(20)9-7-12)14(10-21)17(22-11)25-5/h6-9,16,22H,1-5H3/t16-/m1/s1. The highest BCUT2D eigenvalue weighted by Gasteiger charge is 2.36. The van der Waals surface area contributed by atoms with Gasteiger partial charge in [-0.25, -0.2) is 4.79 Å². The molecule has 0 saturated heterocycles. The quantitative estimate of drug-likeness (QED) is 0.772. The van der Waals surface area contributed by atoms with E-state index in [1.165, 1.54) is 11.8 Å². The van der Waals surface area contributed by atoms with Crippen molar-refractivity contribution in [2.24, 2.45) is 0 Å². The summed E-state index contributed by atoms with van der Waals surface area (Å²) in [7, 11) is 0. The molecule has 0 saturated carbocycles. The number of dihydropyridines is 1. The Morgan fingerprint density at radius 3 is 2.40 bits per heavy atom. The summed E-state index contributed by atoms with van der Waals surface area (Å²) in [5, 5.41) is 14.2. The van der Waals surface area contributed by atoms with Crippen molar-refractivity contribution in [1.29, 1.82) is 5.26 Å². The Morgan fingerprint density at radius 2 is 1.92 bits per heavy atom. The zero-order chi connectivity index (χ0) is 18.8. The molecule has 2 rings (SSSR count). The first-order valence-corrected chi connectivity index (χ1v) is 9.43. The van der Waals surface area contributed by atoms with Crippen LogP contribution in [0.5, 0.6) is 0 Å². The Morgan fingerprint density at radius 1 is 1.32 bits per heavy atom. The van der Waals surface area contributed by atoms with E-state index in [1.807, 2.05) is 46.1 Å². The van der Waals surface area contributed by atoms with Gasteiger partial charge in [0.05, 0.1) is 28.2 Å². The lowest BCUT2D eigenvalue weighted by Gasteiger charge is -2.31. The van der Waals surface area contributed by atoms with E-state index in [4.69, 9.17) is 16.3 Å². The van der Waals surface area contributed by atoms with Crippen LogP contribution in [0, 0.1) is 11.3 Å². The predicted molar refractivity (Wildman–Crippen MR) is 102 cm³/mol. The molecule has 0 radical (unpaired) electrons. The van der Waals surface area contributed by atoms with Crippen LogP contribution < -0.4 is 5.32 Å². The molecule has 1 aliphatic heterocycles. The average molecular weight is 377 g/mol. The average Bonchev–Trinajstić information content (AvgIpc) is 2.52. The third kappa shape index (κ3) is 4.39. The van der Waals surface area contributed by atoms with Gasteiger partial charge in [0.1, 0.15) is 5.60 Å². The maximum absolute atomic E-state index is 12.8. The van der Waals surface area contributed by atoms with E-state index >= 15 is 0 Å². The van der Waals surface area contributed by atoms with Gasteiger partial charge in [0.2, 0.25) is 0 Å². The summed E-state index contributed by atoms with van der Waals surface area (Å²) in [6, 6.07) is 9.45. The van der Waals surface area contributed by atoms with E-state index in [9.17, 15) is 10.1 Å². The zero-order valence-corrected chi connectivity index (χ0v) is 16.5. The van der Waals surface area contributed by atoms with Gasteiger partial charge < -0.3 is 10.1 Å². The fraction of sp³-hybridized carbons (Fsp3) is 0.368. The maximum Gasteiger partial charge on any atom is 0.337 e. The van der Waals surface area contributed by atoms with Crippen LogP contribution in [0.2, 0.25) is 5.02 Å². The molecule has 0 aromatic heterocycles. The minimum Gasteiger partial charge on any atom is -0.457 e. The Bertz CT molecular complexity index is 783. The number of carbonyl (C=O) groups excluding carboxylic acids is 1. The van der Waals surface area contributed by atoms with Gasteiger partial charge in [-0.1, -0.05) is 23.7 Å². The lowest BCUT2D eigenvalue weighted by Crippen LogP contribution is -2.32.